The van der Waals surface area contributed by atoms with E-state index in [-0.39, 0.29) is 0 Å². The maximum Gasteiger partial charge on any atom is 0.191 e. The molecule has 0 saturated carbocycles. The van der Waals surface area contributed by atoms with Gasteiger partial charge in [-0.15, -0.1) is 0 Å². The van der Waals surface area contributed by atoms with Gasteiger partial charge in [-0.3, -0.25) is 4.99 Å². The van der Waals surface area contributed by atoms with Crippen LogP contribution in [0.5, 0.6) is 11.5 Å². The average Bonchev–Trinajstić information content (AvgIpc) is 3.09. The zero-order valence-electron chi connectivity index (χ0n) is 18.3. The summed E-state index contributed by atoms with van der Waals surface area (Å²) in [4.78, 5) is 11.3. The fraction of sp³-hybridized carbons (Fsp3) is 0.478. The zero-order chi connectivity index (χ0) is 21.2. The molecule has 162 valence electrons. The number of nitrogens with one attached hydrogen (secondary N) is 2. The fourth-order valence-electron chi connectivity index (χ4n) is 3.63. The number of ether oxygens (including phenoxy) is 2. The van der Waals surface area contributed by atoms with Crippen molar-refractivity contribution in [1.82, 2.24) is 15.6 Å². The number of guanidine groups is 1. The van der Waals surface area contributed by atoms with Crippen LogP contribution >= 0.6 is 0 Å². The molecule has 0 spiro atoms. The first-order valence-electron chi connectivity index (χ1n) is 10.6. The maximum atomic E-state index is 5.38. The molecule has 1 aliphatic rings. The van der Waals surface area contributed by atoms with Crippen LogP contribution in [0, 0.1) is 0 Å². The first kappa shape index (κ1) is 21.7. The lowest BCUT2D eigenvalue weighted by Gasteiger charge is -2.22. The van der Waals surface area contributed by atoms with E-state index in [4.69, 9.17) is 9.47 Å². The number of aliphatic imine (C=N–C) groups is 1. The first-order valence-corrected chi connectivity index (χ1v) is 10.6. The van der Waals surface area contributed by atoms with Crippen molar-refractivity contribution in [3.8, 4) is 11.5 Å². The molecule has 30 heavy (non-hydrogen) atoms. The molecule has 2 N–H and O–H groups in total. The summed E-state index contributed by atoms with van der Waals surface area (Å²) in [5, 5.41) is 6.73. The summed E-state index contributed by atoms with van der Waals surface area (Å²) in [6.45, 7) is 3.52. The number of rotatable bonds is 7. The summed E-state index contributed by atoms with van der Waals surface area (Å²) >= 11 is 0. The summed E-state index contributed by atoms with van der Waals surface area (Å²) in [5.41, 5.74) is 2.28. The summed E-state index contributed by atoms with van der Waals surface area (Å²) in [6, 6.07) is 10.1. The van der Waals surface area contributed by atoms with Gasteiger partial charge in [-0.05, 0) is 48.2 Å². The van der Waals surface area contributed by atoms with Crippen molar-refractivity contribution in [1.29, 1.82) is 0 Å². The van der Waals surface area contributed by atoms with E-state index in [0.717, 1.165) is 41.9 Å². The Hall–Kier alpha value is -2.96. The zero-order valence-corrected chi connectivity index (χ0v) is 18.3. The molecule has 1 fully saturated rings. The highest BCUT2D eigenvalue weighted by molar-refractivity contribution is 5.79. The van der Waals surface area contributed by atoms with Crippen LogP contribution in [-0.2, 0) is 13.1 Å². The molecular formula is C23H33N5O2. The van der Waals surface area contributed by atoms with Crippen LogP contribution in [0.1, 0.15) is 36.8 Å². The second-order valence-electron chi connectivity index (χ2n) is 7.39. The van der Waals surface area contributed by atoms with Gasteiger partial charge in [0.15, 0.2) is 17.5 Å². The van der Waals surface area contributed by atoms with Crippen LogP contribution in [0.15, 0.2) is 41.5 Å². The van der Waals surface area contributed by atoms with E-state index < -0.39 is 0 Å². The lowest BCUT2D eigenvalue weighted by molar-refractivity contribution is 0.354. The number of benzene rings is 1. The van der Waals surface area contributed by atoms with Crippen molar-refractivity contribution in [2.75, 3.05) is 39.3 Å². The van der Waals surface area contributed by atoms with Crippen LogP contribution in [0.25, 0.3) is 0 Å². The smallest absolute Gasteiger partial charge is 0.191 e. The van der Waals surface area contributed by atoms with Gasteiger partial charge in [-0.25, -0.2) is 4.98 Å². The normalized spacial score (nSPS) is 14.8. The molecule has 1 aliphatic heterocycles. The van der Waals surface area contributed by atoms with Crippen LogP contribution in [0.2, 0.25) is 0 Å². The molecule has 0 aliphatic carbocycles. The van der Waals surface area contributed by atoms with Gasteiger partial charge in [0.05, 0.1) is 14.2 Å². The van der Waals surface area contributed by atoms with E-state index in [1.165, 1.54) is 31.2 Å². The maximum absolute atomic E-state index is 5.38. The number of anilines is 1. The van der Waals surface area contributed by atoms with E-state index in [0.29, 0.717) is 13.1 Å². The Morgan fingerprint density at radius 1 is 0.933 bits per heavy atom. The number of methoxy groups -OCH3 is 2. The first-order chi connectivity index (χ1) is 14.7. The van der Waals surface area contributed by atoms with Crippen molar-refractivity contribution in [2.24, 2.45) is 4.99 Å². The van der Waals surface area contributed by atoms with E-state index >= 15 is 0 Å². The van der Waals surface area contributed by atoms with Crippen molar-refractivity contribution in [2.45, 2.75) is 38.8 Å². The Morgan fingerprint density at radius 3 is 2.23 bits per heavy atom. The van der Waals surface area contributed by atoms with Crippen LogP contribution < -0.4 is 25.0 Å². The predicted octanol–water partition coefficient (Wildman–Crippen LogP) is 3.34. The predicted molar refractivity (Wildman–Crippen MR) is 122 cm³/mol. The van der Waals surface area contributed by atoms with Gasteiger partial charge in [0.25, 0.3) is 0 Å². The van der Waals surface area contributed by atoms with E-state index in [2.05, 4.69) is 37.6 Å². The molecule has 1 aromatic carbocycles. The lowest BCUT2D eigenvalue weighted by atomic mass is 10.2. The molecule has 1 saturated heterocycles. The molecule has 0 radical (unpaired) electrons. The second-order valence-corrected chi connectivity index (χ2v) is 7.39. The monoisotopic (exact) mass is 411 g/mol. The van der Waals surface area contributed by atoms with Crippen LogP contribution in [-0.4, -0.2) is 45.3 Å². The molecular weight excluding hydrogens is 378 g/mol. The quantitative estimate of drug-likeness (QED) is 0.538. The van der Waals surface area contributed by atoms with Crippen molar-refractivity contribution in [3.05, 3.63) is 47.7 Å². The molecule has 2 aromatic rings. The molecule has 0 amide bonds. The van der Waals surface area contributed by atoms with E-state index in [1.807, 2.05) is 24.4 Å². The van der Waals surface area contributed by atoms with E-state index in [1.54, 1.807) is 21.3 Å². The highest BCUT2D eigenvalue weighted by atomic mass is 16.5. The third-order valence-electron chi connectivity index (χ3n) is 5.33. The molecule has 0 bridgehead atoms. The van der Waals surface area contributed by atoms with Gasteiger partial charge in [0.1, 0.15) is 5.82 Å². The summed E-state index contributed by atoms with van der Waals surface area (Å²) < 4.78 is 10.7. The minimum absolute atomic E-state index is 0.634. The van der Waals surface area contributed by atoms with Crippen molar-refractivity contribution >= 4 is 11.8 Å². The second kappa shape index (κ2) is 11.3. The highest BCUT2D eigenvalue weighted by Gasteiger charge is 2.11. The summed E-state index contributed by atoms with van der Waals surface area (Å²) in [5.74, 6) is 3.27. The van der Waals surface area contributed by atoms with Crippen LogP contribution in [0.4, 0.5) is 5.82 Å². The molecule has 0 unspecified atom stereocenters. The number of hydrogen-bond donors (Lipinski definition) is 2. The number of aromatic nitrogens is 1. The van der Waals surface area contributed by atoms with Gasteiger partial charge in [0, 0.05) is 39.4 Å². The van der Waals surface area contributed by atoms with E-state index in [9.17, 15) is 0 Å². The Bertz CT molecular complexity index is 832. The molecule has 0 atom stereocenters. The SMILES string of the molecule is CN=C(NCc1ccnc(N2CCCCCC2)c1)NCc1ccc(OC)c(OC)c1. The fourth-order valence-corrected chi connectivity index (χ4v) is 3.63. The Morgan fingerprint density at radius 2 is 1.60 bits per heavy atom. The topological polar surface area (TPSA) is 71.0 Å². The number of pyridine rings is 1. The van der Waals surface area contributed by atoms with Crippen LogP contribution in [0.3, 0.4) is 0 Å². The largest absolute Gasteiger partial charge is 0.493 e. The lowest BCUT2D eigenvalue weighted by Crippen LogP contribution is -2.36. The highest BCUT2D eigenvalue weighted by Crippen LogP contribution is 2.27. The third kappa shape index (κ3) is 6.02. The number of hydrogen-bond acceptors (Lipinski definition) is 5. The molecule has 1 aromatic heterocycles. The Balaban J connectivity index is 1.55. The average molecular weight is 412 g/mol. The molecule has 7 nitrogen and oxygen atoms in total. The molecule has 3 rings (SSSR count). The Kier molecular flexibility index (Phi) is 8.18. The molecule has 2 heterocycles. The summed E-state index contributed by atoms with van der Waals surface area (Å²) in [6.07, 6.45) is 7.03. The van der Waals surface area contributed by atoms with Crippen molar-refractivity contribution in [3.63, 3.8) is 0 Å². The number of nitrogens with zero attached hydrogens (tertiary/aromatic N) is 3. The summed E-state index contributed by atoms with van der Waals surface area (Å²) in [7, 11) is 5.06. The van der Waals surface area contributed by atoms with Gasteiger partial charge in [-0.2, -0.15) is 0 Å². The standard InChI is InChI=1S/C23H33N5O2/c1-24-23(26-16-18-8-9-20(29-2)21(14-18)30-3)27-17-19-10-11-25-22(15-19)28-12-6-4-5-7-13-28/h8-11,14-15H,4-7,12-13,16-17H2,1-3H3,(H2,24,26,27). The Labute approximate surface area is 179 Å². The van der Waals surface area contributed by atoms with Crippen molar-refractivity contribution < 1.29 is 9.47 Å². The third-order valence-corrected chi connectivity index (χ3v) is 5.33. The van der Waals surface area contributed by atoms with Gasteiger partial charge < -0.3 is 25.0 Å². The minimum Gasteiger partial charge on any atom is -0.493 e. The minimum atomic E-state index is 0.634. The van der Waals surface area contributed by atoms with Gasteiger partial charge in [-0.1, -0.05) is 18.9 Å². The van der Waals surface area contributed by atoms with Gasteiger partial charge in [0.2, 0.25) is 0 Å². The molecule has 7 heteroatoms. The van der Waals surface area contributed by atoms with Gasteiger partial charge >= 0.3 is 0 Å².